The summed E-state index contributed by atoms with van der Waals surface area (Å²) in [6.45, 7) is 3.58. The van der Waals surface area contributed by atoms with Crippen molar-refractivity contribution in [3.8, 4) is 17.2 Å². The summed E-state index contributed by atoms with van der Waals surface area (Å²) >= 11 is 0. The molecule has 1 heterocycles. The molecule has 0 aromatic heterocycles. The van der Waals surface area contributed by atoms with Crippen molar-refractivity contribution in [3.63, 3.8) is 0 Å². The van der Waals surface area contributed by atoms with Gasteiger partial charge in [0.15, 0.2) is 11.5 Å². The van der Waals surface area contributed by atoms with Crippen LogP contribution < -0.4 is 19.5 Å². The normalized spacial score (nSPS) is 20.8. The summed E-state index contributed by atoms with van der Waals surface area (Å²) in [6, 6.07) is 3.99. The lowest BCUT2D eigenvalue weighted by molar-refractivity contribution is -0.127. The summed E-state index contributed by atoms with van der Waals surface area (Å²) in [6.07, 6.45) is 4.67. The highest BCUT2D eigenvalue weighted by Gasteiger charge is 2.50. The van der Waals surface area contributed by atoms with Crippen molar-refractivity contribution in [1.29, 1.82) is 0 Å². The molecular formula is C22H34N2O5. The number of benzene rings is 1. The molecule has 29 heavy (non-hydrogen) atoms. The van der Waals surface area contributed by atoms with Crippen LogP contribution in [0.3, 0.4) is 0 Å². The van der Waals surface area contributed by atoms with Crippen molar-refractivity contribution in [2.75, 3.05) is 54.7 Å². The van der Waals surface area contributed by atoms with Gasteiger partial charge in [-0.05, 0) is 36.0 Å². The third-order valence-corrected chi connectivity index (χ3v) is 6.37. The number of amides is 1. The molecule has 1 saturated carbocycles. The molecule has 1 atom stereocenters. The van der Waals surface area contributed by atoms with Crippen LogP contribution in [0.4, 0.5) is 0 Å². The Morgan fingerprint density at radius 1 is 1.10 bits per heavy atom. The molecule has 1 spiro atoms. The Labute approximate surface area is 173 Å². The minimum atomic E-state index is 0.0314. The first-order chi connectivity index (χ1) is 14.1. The summed E-state index contributed by atoms with van der Waals surface area (Å²) in [5, 5.41) is 3.07. The molecule has 1 N–H and O–H groups in total. The Morgan fingerprint density at radius 3 is 2.31 bits per heavy atom. The van der Waals surface area contributed by atoms with E-state index >= 15 is 0 Å². The second-order valence-electron chi connectivity index (χ2n) is 8.11. The van der Waals surface area contributed by atoms with Gasteiger partial charge in [0, 0.05) is 33.3 Å². The summed E-state index contributed by atoms with van der Waals surface area (Å²) in [7, 11) is 6.52. The summed E-state index contributed by atoms with van der Waals surface area (Å²) in [4.78, 5) is 15.3. The van der Waals surface area contributed by atoms with E-state index in [-0.39, 0.29) is 17.2 Å². The van der Waals surface area contributed by atoms with Crippen LogP contribution in [-0.2, 0) is 16.1 Å². The van der Waals surface area contributed by atoms with Gasteiger partial charge in [0.2, 0.25) is 11.7 Å². The van der Waals surface area contributed by atoms with Crippen LogP contribution in [0.25, 0.3) is 0 Å². The van der Waals surface area contributed by atoms with Crippen LogP contribution in [0.5, 0.6) is 17.2 Å². The zero-order valence-corrected chi connectivity index (χ0v) is 18.1. The van der Waals surface area contributed by atoms with E-state index in [0.717, 1.165) is 38.0 Å². The van der Waals surface area contributed by atoms with Gasteiger partial charge in [-0.1, -0.05) is 12.8 Å². The Bertz CT molecular complexity index is 677. The molecule has 1 aromatic rings. The minimum absolute atomic E-state index is 0.0314. The molecule has 1 unspecified atom stereocenters. The van der Waals surface area contributed by atoms with Gasteiger partial charge >= 0.3 is 0 Å². The number of methoxy groups -OCH3 is 4. The standard InChI is InChI=1S/C22H34N2O5/c1-26-10-9-23-21(25)17-14-24(15-22(17)7-5-6-8-22)13-16-11-18(27-2)20(29-4)19(12-16)28-3/h11-12,17H,5-10,13-15H2,1-4H3,(H,23,25). The molecule has 1 aliphatic carbocycles. The minimum Gasteiger partial charge on any atom is -0.493 e. The molecule has 1 aliphatic heterocycles. The molecule has 0 radical (unpaired) electrons. The lowest BCUT2D eigenvalue weighted by Crippen LogP contribution is -2.41. The van der Waals surface area contributed by atoms with Crippen molar-refractivity contribution in [2.45, 2.75) is 32.2 Å². The average molecular weight is 407 g/mol. The van der Waals surface area contributed by atoms with Gasteiger partial charge in [0.1, 0.15) is 0 Å². The predicted molar refractivity (Wildman–Crippen MR) is 111 cm³/mol. The lowest BCUT2D eigenvalue weighted by Gasteiger charge is -2.29. The van der Waals surface area contributed by atoms with Gasteiger partial charge in [-0.2, -0.15) is 0 Å². The van der Waals surface area contributed by atoms with Gasteiger partial charge in [0.05, 0.1) is 33.9 Å². The highest BCUT2D eigenvalue weighted by molar-refractivity contribution is 5.80. The third-order valence-electron chi connectivity index (χ3n) is 6.37. The highest BCUT2D eigenvalue weighted by Crippen LogP contribution is 2.49. The maximum absolute atomic E-state index is 12.9. The van der Waals surface area contributed by atoms with Crippen molar-refractivity contribution in [3.05, 3.63) is 17.7 Å². The van der Waals surface area contributed by atoms with E-state index in [2.05, 4.69) is 10.2 Å². The maximum atomic E-state index is 12.9. The fourth-order valence-electron chi connectivity index (χ4n) is 5.02. The quantitative estimate of drug-likeness (QED) is 0.636. The molecule has 2 fully saturated rings. The monoisotopic (exact) mass is 406 g/mol. The fourth-order valence-corrected chi connectivity index (χ4v) is 5.02. The molecular weight excluding hydrogens is 372 g/mol. The number of nitrogens with one attached hydrogen (secondary N) is 1. The first-order valence-corrected chi connectivity index (χ1v) is 10.3. The topological polar surface area (TPSA) is 69.3 Å². The average Bonchev–Trinajstić information content (AvgIpc) is 3.34. The molecule has 1 aromatic carbocycles. The van der Waals surface area contributed by atoms with Gasteiger partial charge in [-0.25, -0.2) is 0 Å². The van der Waals surface area contributed by atoms with Gasteiger partial charge in [-0.3, -0.25) is 9.69 Å². The highest BCUT2D eigenvalue weighted by atomic mass is 16.5. The smallest absolute Gasteiger partial charge is 0.225 e. The van der Waals surface area contributed by atoms with E-state index in [1.807, 2.05) is 12.1 Å². The number of carbonyl (C=O) groups is 1. The van der Waals surface area contributed by atoms with Gasteiger partial charge in [0.25, 0.3) is 0 Å². The van der Waals surface area contributed by atoms with Crippen LogP contribution >= 0.6 is 0 Å². The molecule has 2 aliphatic rings. The zero-order valence-electron chi connectivity index (χ0n) is 18.1. The van der Waals surface area contributed by atoms with E-state index in [9.17, 15) is 4.79 Å². The molecule has 1 saturated heterocycles. The second kappa shape index (κ2) is 9.67. The molecule has 0 bridgehead atoms. The summed E-state index contributed by atoms with van der Waals surface area (Å²) in [5.74, 6) is 2.11. The van der Waals surface area contributed by atoms with Crippen LogP contribution in [0.15, 0.2) is 12.1 Å². The Balaban J connectivity index is 1.76. The molecule has 7 heteroatoms. The van der Waals surface area contributed by atoms with Crippen molar-refractivity contribution in [1.82, 2.24) is 10.2 Å². The van der Waals surface area contributed by atoms with Crippen LogP contribution in [0, 0.1) is 11.3 Å². The first-order valence-electron chi connectivity index (χ1n) is 10.3. The van der Waals surface area contributed by atoms with Gasteiger partial charge < -0.3 is 24.3 Å². The second-order valence-corrected chi connectivity index (χ2v) is 8.11. The maximum Gasteiger partial charge on any atom is 0.225 e. The largest absolute Gasteiger partial charge is 0.493 e. The number of hydrogen-bond donors (Lipinski definition) is 1. The number of likely N-dealkylation sites (tertiary alicyclic amines) is 1. The van der Waals surface area contributed by atoms with Crippen molar-refractivity contribution < 1.29 is 23.7 Å². The Kier molecular flexibility index (Phi) is 7.24. The number of hydrogen-bond acceptors (Lipinski definition) is 6. The number of carbonyl (C=O) groups excluding carboxylic acids is 1. The van der Waals surface area contributed by atoms with Gasteiger partial charge in [-0.15, -0.1) is 0 Å². The molecule has 7 nitrogen and oxygen atoms in total. The van der Waals surface area contributed by atoms with E-state index in [1.54, 1.807) is 28.4 Å². The molecule has 1 amide bonds. The molecule has 162 valence electrons. The van der Waals surface area contributed by atoms with E-state index in [4.69, 9.17) is 18.9 Å². The Hall–Kier alpha value is -1.99. The van der Waals surface area contributed by atoms with E-state index in [1.165, 1.54) is 12.8 Å². The Morgan fingerprint density at radius 2 is 1.76 bits per heavy atom. The van der Waals surface area contributed by atoms with Crippen molar-refractivity contribution >= 4 is 5.91 Å². The number of nitrogens with zero attached hydrogens (tertiary/aromatic N) is 1. The zero-order chi connectivity index (χ0) is 20.9. The summed E-state index contributed by atoms with van der Waals surface area (Å²) < 4.78 is 21.5. The van der Waals surface area contributed by atoms with Crippen molar-refractivity contribution in [2.24, 2.45) is 11.3 Å². The number of ether oxygens (including phenoxy) is 4. The number of rotatable bonds is 9. The van der Waals surface area contributed by atoms with Crippen LogP contribution in [0.2, 0.25) is 0 Å². The predicted octanol–water partition coefficient (Wildman–Crippen LogP) is 2.47. The fraction of sp³-hybridized carbons (Fsp3) is 0.682. The SMILES string of the molecule is COCCNC(=O)C1CN(Cc2cc(OC)c(OC)c(OC)c2)CC12CCCC2. The van der Waals surface area contributed by atoms with E-state index < -0.39 is 0 Å². The van der Waals surface area contributed by atoms with Crippen LogP contribution in [0.1, 0.15) is 31.2 Å². The lowest BCUT2D eigenvalue weighted by atomic mass is 9.76. The first kappa shape index (κ1) is 21.7. The summed E-state index contributed by atoms with van der Waals surface area (Å²) in [5.41, 5.74) is 1.19. The van der Waals surface area contributed by atoms with Crippen LogP contribution in [-0.4, -0.2) is 65.5 Å². The third kappa shape index (κ3) is 4.61. The molecule has 3 rings (SSSR count). The van der Waals surface area contributed by atoms with E-state index in [0.29, 0.717) is 30.4 Å².